The van der Waals surface area contributed by atoms with Gasteiger partial charge < -0.3 is 8.98 Å². The van der Waals surface area contributed by atoms with E-state index in [1.54, 1.807) is 6.20 Å². The van der Waals surface area contributed by atoms with Gasteiger partial charge >= 0.3 is 0 Å². The molecule has 0 fully saturated rings. The molecule has 4 heterocycles. The maximum absolute atomic E-state index is 6.21. The van der Waals surface area contributed by atoms with Gasteiger partial charge in [-0.3, -0.25) is 4.98 Å². The first-order chi connectivity index (χ1) is 28.7. The van der Waals surface area contributed by atoms with E-state index in [1.807, 2.05) is 24.4 Å². The summed E-state index contributed by atoms with van der Waals surface area (Å²) in [6, 6.07) is 61.8. The topological polar surface area (TPSA) is 69.6 Å². The molecule has 12 aromatic rings. The second kappa shape index (κ2) is 12.8. The highest BCUT2D eigenvalue weighted by Crippen LogP contribution is 2.39. The van der Waals surface area contributed by atoms with Crippen molar-refractivity contribution < 1.29 is 4.42 Å². The average molecular weight is 742 g/mol. The molecule has 0 atom stereocenters. The Bertz CT molecular complexity index is 3580. The van der Waals surface area contributed by atoms with Crippen LogP contribution in [0.15, 0.2) is 193 Å². The normalized spacial score (nSPS) is 11.8. The van der Waals surface area contributed by atoms with E-state index in [2.05, 4.69) is 167 Å². The van der Waals surface area contributed by atoms with Gasteiger partial charge in [0.05, 0.1) is 17.2 Å². The molecule has 6 heteroatoms. The lowest BCUT2D eigenvalue weighted by Crippen LogP contribution is -2.01. The molecule has 0 unspecified atom stereocenters. The zero-order valence-corrected chi connectivity index (χ0v) is 31.0. The third-order valence-corrected chi connectivity index (χ3v) is 11.3. The van der Waals surface area contributed by atoms with Gasteiger partial charge in [0.2, 0.25) is 0 Å². The smallest absolute Gasteiger partial charge is 0.166 e. The lowest BCUT2D eigenvalue weighted by atomic mass is 10.0. The third kappa shape index (κ3) is 5.12. The molecule has 0 saturated carbocycles. The van der Waals surface area contributed by atoms with Crippen LogP contribution in [0.4, 0.5) is 0 Å². The Morgan fingerprint density at radius 2 is 1.07 bits per heavy atom. The first kappa shape index (κ1) is 32.3. The van der Waals surface area contributed by atoms with Crippen LogP contribution in [0.5, 0.6) is 0 Å². The molecule has 0 aliphatic carbocycles. The van der Waals surface area contributed by atoms with Crippen LogP contribution in [0.2, 0.25) is 0 Å². The minimum Gasteiger partial charge on any atom is -0.454 e. The summed E-state index contributed by atoms with van der Waals surface area (Å²) in [6.07, 6.45) is 3.58. The van der Waals surface area contributed by atoms with Crippen molar-refractivity contribution in [2.24, 2.45) is 0 Å². The van der Waals surface area contributed by atoms with Crippen molar-refractivity contribution in [3.63, 3.8) is 0 Å². The fourth-order valence-corrected chi connectivity index (χ4v) is 8.56. The van der Waals surface area contributed by atoms with Crippen molar-refractivity contribution in [1.82, 2.24) is 24.5 Å². The Hall–Kier alpha value is -7.96. The minimum atomic E-state index is 0.535. The van der Waals surface area contributed by atoms with Gasteiger partial charge in [0, 0.05) is 55.5 Å². The molecular weight excluding hydrogens is 711 g/mol. The molecule has 0 saturated heterocycles. The van der Waals surface area contributed by atoms with E-state index >= 15 is 0 Å². The second-order valence-electron chi connectivity index (χ2n) is 14.7. The highest BCUT2D eigenvalue weighted by molar-refractivity contribution is 6.18. The SMILES string of the molecule is c1cc(-c2ccc(-c3nc(-c4ccc5ccccc5c4)nc(-c4cncc5oc6ccccc6c45)n3)cc2)cc(-n2c3ccccc3c3ccc4ccccc4c32)c1. The Kier molecular flexibility index (Phi) is 7.13. The monoisotopic (exact) mass is 741 g/mol. The number of aromatic nitrogens is 5. The average Bonchev–Trinajstić information content (AvgIpc) is 3.85. The fourth-order valence-electron chi connectivity index (χ4n) is 8.56. The number of hydrogen-bond donors (Lipinski definition) is 0. The van der Waals surface area contributed by atoms with E-state index in [1.165, 1.54) is 32.6 Å². The van der Waals surface area contributed by atoms with E-state index < -0.39 is 0 Å². The number of rotatable bonds is 5. The summed E-state index contributed by atoms with van der Waals surface area (Å²) in [6.45, 7) is 0. The van der Waals surface area contributed by atoms with Crippen LogP contribution in [0.25, 0.3) is 116 Å². The first-order valence-corrected chi connectivity index (χ1v) is 19.4. The first-order valence-electron chi connectivity index (χ1n) is 19.4. The fraction of sp³-hybridized carbons (Fsp3) is 0. The van der Waals surface area contributed by atoms with Gasteiger partial charge in [-0.25, -0.2) is 15.0 Å². The number of benzene rings is 8. The summed E-state index contributed by atoms with van der Waals surface area (Å²) in [5, 5.41) is 9.14. The van der Waals surface area contributed by atoms with Gasteiger partial charge in [-0.2, -0.15) is 0 Å². The van der Waals surface area contributed by atoms with Gasteiger partial charge in [0.15, 0.2) is 23.1 Å². The molecular formula is C52H31N5O. The van der Waals surface area contributed by atoms with Crippen LogP contribution in [-0.4, -0.2) is 24.5 Å². The predicted molar refractivity (Wildman–Crippen MR) is 236 cm³/mol. The van der Waals surface area contributed by atoms with Gasteiger partial charge in [-0.05, 0) is 57.6 Å². The van der Waals surface area contributed by atoms with E-state index in [9.17, 15) is 0 Å². The molecule has 0 spiro atoms. The standard InChI is InChI=1S/C52H31N5O/c1-2-12-36-28-38(25-22-32(36)10-1)51-54-50(55-52(56-51)44-30-53-31-47-48(44)43-17-6-8-19-46(43)58-47)35-23-20-33(21-24-35)37-13-9-14-39(29-37)57-45-18-7-5-16-41(45)42-27-26-34-11-3-4-15-40(34)49(42)57/h1-31H. The molecule has 270 valence electrons. The van der Waals surface area contributed by atoms with Gasteiger partial charge in [0.1, 0.15) is 5.58 Å². The second-order valence-corrected chi connectivity index (χ2v) is 14.7. The summed E-state index contributed by atoms with van der Waals surface area (Å²) in [5.74, 6) is 1.70. The van der Waals surface area contributed by atoms with Crippen molar-refractivity contribution in [3.05, 3.63) is 188 Å². The molecule has 58 heavy (non-hydrogen) atoms. The molecule has 0 N–H and O–H groups in total. The molecule has 6 nitrogen and oxygen atoms in total. The molecule has 0 amide bonds. The highest BCUT2D eigenvalue weighted by Gasteiger charge is 2.19. The predicted octanol–water partition coefficient (Wildman–Crippen LogP) is 13.2. The molecule has 12 rings (SSSR count). The number of hydrogen-bond acceptors (Lipinski definition) is 5. The van der Waals surface area contributed by atoms with Crippen LogP contribution >= 0.6 is 0 Å². The lowest BCUT2D eigenvalue weighted by Gasteiger charge is -2.12. The Morgan fingerprint density at radius 1 is 0.397 bits per heavy atom. The molecule has 0 aliphatic rings. The van der Waals surface area contributed by atoms with Crippen LogP contribution < -0.4 is 0 Å². The van der Waals surface area contributed by atoms with Gasteiger partial charge in [0.25, 0.3) is 0 Å². The lowest BCUT2D eigenvalue weighted by molar-refractivity contribution is 0.667. The van der Waals surface area contributed by atoms with E-state index in [0.29, 0.717) is 23.1 Å². The number of nitrogens with zero attached hydrogens (tertiary/aromatic N) is 5. The number of furan rings is 1. The molecule has 0 bridgehead atoms. The van der Waals surface area contributed by atoms with Crippen molar-refractivity contribution in [1.29, 1.82) is 0 Å². The highest BCUT2D eigenvalue weighted by atomic mass is 16.3. The van der Waals surface area contributed by atoms with Crippen molar-refractivity contribution in [2.75, 3.05) is 0 Å². The quantitative estimate of drug-likeness (QED) is 0.176. The van der Waals surface area contributed by atoms with Crippen LogP contribution in [-0.2, 0) is 0 Å². The van der Waals surface area contributed by atoms with Crippen LogP contribution in [0.3, 0.4) is 0 Å². The number of pyridine rings is 1. The van der Waals surface area contributed by atoms with E-state index in [-0.39, 0.29) is 0 Å². The largest absolute Gasteiger partial charge is 0.454 e. The zero-order valence-electron chi connectivity index (χ0n) is 31.0. The zero-order chi connectivity index (χ0) is 38.2. The summed E-state index contributed by atoms with van der Waals surface area (Å²) >= 11 is 0. The Morgan fingerprint density at radius 3 is 1.95 bits per heavy atom. The van der Waals surface area contributed by atoms with Crippen molar-refractivity contribution in [3.8, 4) is 51.0 Å². The van der Waals surface area contributed by atoms with Gasteiger partial charge in [-0.15, -0.1) is 0 Å². The minimum absolute atomic E-state index is 0.535. The molecule has 0 aliphatic heterocycles. The van der Waals surface area contributed by atoms with Crippen molar-refractivity contribution >= 4 is 65.3 Å². The number of fused-ring (bicyclic) bond motifs is 9. The maximum Gasteiger partial charge on any atom is 0.166 e. The van der Waals surface area contributed by atoms with Crippen LogP contribution in [0, 0.1) is 0 Å². The summed E-state index contributed by atoms with van der Waals surface area (Å²) in [7, 11) is 0. The molecule has 4 aromatic heterocycles. The summed E-state index contributed by atoms with van der Waals surface area (Å²) in [4.78, 5) is 19.9. The molecule has 0 radical (unpaired) electrons. The van der Waals surface area contributed by atoms with E-state index in [4.69, 9.17) is 19.4 Å². The summed E-state index contributed by atoms with van der Waals surface area (Å²) in [5.41, 5.74) is 9.80. The van der Waals surface area contributed by atoms with Crippen molar-refractivity contribution in [2.45, 2.75) is 0 Å². The number of para-hydroxylation sites is 2. The Labute approximate surface area is 332 Å². The molecule has 8 aromatic carbocycles. The third-order valence-electron chi connectivity index (χ3n) is 11.3. The van der Waals surface area contributed by atoms with E-state index in [0.717, 1.165) is 60.6 Å². The Balaban J connectivity index is 0.990. The van der Waals surface area contributed by atoms with Gasteiger partial charge in [-0.1, -0.05) is 146 Å². The van der Waals surface area contributed by atoms with Crippen LogP contribution in [0.1, 0.15) is 0 Å². The summed E-state index contributed by atoms with van der Waals surface area (Å²) < 4.78 is 8.61. The maximum atomic E-state index is 6.21.